The van der Waals surface area contributed by atoms with Crippen molar-refractivity contribution in [1.29, 1.82) is 0 Å². The van der Waals surface area contributed by atoms with Crippen molar-refractivity contribution < 1.29 is 13.2 Å². The van der Waals surface area contributed by atoms with Crippen LogP contribution in [-0.2, 0) is 15.9 Å². The molecule has 0 radical (unpaired) electrons. The monoisotopic (exact) mass is 315 g/mol. The molecule has 2 aromatic rings. The van der Waals surface area contributed by atoms with Crippen molar-refractivity contribution in [2.24, 2.45) is 0 Å². The molecule has 1 aromatic carbocycles. The van der Waals surface area contributed by atoms with E-state index in [4.69, 9.17) is 16.3 Å². The number of halogens is 1. The third-order valence-electron chi connectivity index (χ3n) is 2.87. The van der Waals surface area contributed by atoms with E-state index < -0.39 is 10.0 Å². The number of benzene rings is 1. The number of rotatable bonds is 5. The molecule has 0 unspecified atom stereocenters. The van der Waals surface area contributed by atoms with Crippen molar-refractivity contribution in [3.8, 4) is 5.75 Å². The molecule has 20 heavy (non-hydrogen) atoms. The van der Waals surface area contributed by atoms with E-state index >= 15 is 0 Å². The Morgan fingerprint density at radius 1 is 1.40 bits per heavy atom. The fourth-order valence-electron chi connectivity index (χ4n) is 1.77. The molecule has 1 aromatic heterocycles. The number of ether oxygens (including phenoxy) is 1. The van der Waals surface area contributed by atoms with Crippen molar-refractivity contribution in [1.82, 2.24) is 10.2 Å². The predicted molar refractivity (Wildman–Crippen MR) is 76.7 cm³/mol. The molecule has 0 aliphatic heterocycles. The summed E-state index contributed by atoms with van der Waals surface area (Å²) in [5.41, 5.74) is 0.860. The van der Waals surface area contributed by atoms with Crippen LogP contribution in [0, 0.1) is 0 Å². The summed E-state index contributed by atoms with van der Waals surface area (Å²) in [6.45, 7) is 0. The lowest BCUT2D eigenvalue weighted by Crippen LogP contribution is -2.28. The quantitative estimate of drug-likeness (QED) is 0.856. The van der Waals surface area contributed by atoms with Crippen LogP contribution in [0.3, 0.4) is 0 Å². The Morgan fingerprint density at radius 3 is 2.75 bits per heavy atom. The van der Waals surface area contributed by atoms with E-state index in [1.165, 1.54) is 20.4 Å². The number of anilines is 1. The van der Waals surface area contributed by atoms with Gasteiger partial charge in [-0.3, -0.25) is 9.40 Å². The summed E-state index contributed by atoms with van der Waals surface area (Å²) in [5, 5.41) is 6.20. The number of nitrogens with zero attached hydrogens (tertiary/aromatic N) is 2. The third kappa shape index (κ3) is 2.46. The van der Waals surface area contributed by atoms with Gasteiger partial charge in [0.25, 0.3) is 10.0 Å². The van der Waals surface area contributed by atoms with Crippen LogP contribution in [0.5, 0.6) is 5.75 Å². The van der Waals surface area contributed by atoms with Crippen LogP contribution in [0.25, 0.3) is 0 Å². The molecule has 0 atom stereocenters. The Balaban J connectivity index is 2.49. The van der Waals surface area contributed by atoms with Crippen molar-refractivity contribution in [3.05, 3.63) is 36.0 Å². The van der Waals surface area contributed by atoms with Crippen molar-refractivity contribution in [2.75, 3.05) is 18.5 Å². The van der Waals surface area contributed by atoms with E-state index in [9.17, 15) is 8.42 Å². The van der Waals surface area contributed by atoms with Crippen LogP contribution in [-0.4, -0.2) is 32.8 Å². The third-order valence-corrected chi connectivity index (χ3v) is 4.94. The van der Waals surface area contributed by atoms with E-state index in [0.29, 0.717) is 17.0 Å². The molecule has 1 heterocycles. The first-order chi connectivity index (χ1) is 9.52. The Bertz CT molecular complexity index is 699. The predicted octanol–water partition coefficient (Wildman–Crippen LogP) is 1.98. The second-order valence-electron chi connectivity index (χ2n) is 4.00. The largest absolute Gasteiger partial charge is 0.495 e. The highest BCUT2D eigenvalue weighted by atomic mass is 35.5. The number of hydrogen-bond acceptors (Lipinski definition) is 4. The standard InChI is InChI=1S/C12H14ClN3O3S/c1-16(10-5-3-4-6-11(10)19-2)20(17,18)12-9(7-13)8-14-15-12/h3-6,8H,7H2,1-2H3,(H,14,15). The minimum Gasteiger partial charge on any atom is -0.495 e. The Morgan fingerprint density at radius 2 is 2.10 bits per heavy atom. The average molecular weight is 316 g/mol. The van der Waals surface area contributed by atoms with Crippen molar-refractivity contribution >= 4 is 27.3 Å². The maximum Gasteiger partial charge on any atom is 0.281 e. The molecule has 0 saturated heterocycles. The molecule has 0 amide bonds. The van der Waals surface area contributed by atoms with Gasteiger partial charge in [0.1, 0.15) is 5.75 Å². The number of aromatic nitrogens is 2. The first-order valence-corrected chi connectivity index (χ1v) is 7.70. The molecule has 2 rings (SSSR count). The number of para-hydroxylation sites is 2. The van der Waals surface area contributed by atoms with E-state index in [0.717, 1.165) is 4.31 Å². The molecule has 0 fully saturated rings. The maximum absolute atomic E-state index is 12.6. The first kappa shape index (κ1) is 14.7. The summed E-state index contributed by atoms with van der Waals surface area (Å²) in [6, 6.07) is 6.85. The summed E-state index contributed by atoms with van der Waals surface area (Å²) in [6.07, 6.45) is 1.40. The van der Waals surface area contributed by atoms with E-state index in [1.54, 1.807) is 24.3 Å². The van der Waals surface area contributed by atoms with Crippen LogP contribution in [0.15, 0.2) is 35.5 Å². The second kappa shape index (κ2) is 5.72. The number of hydrogen-bond donors (Lipinski definition) is 1. The summed E-state index contributed by atoms with van der Waals surface area (Å²) < 4.78 is 31.5. The topological polar surface area (TPSA) is 75.3 Å². The molecular weight excluding hydrogens is 302 g/mol. The van der Waals surface area contributed by atoms with Gasteiger partial charge in [0.05, 0.1) is 24.9 Å². The summed E-state index contributed by atoms with van der Waals surface area (Å²) in [5.74, 6) is 0.524. The number of sulfonamides is 1. The molecule has 0 aliphatic carbocycles. The van der Waals surface area contributed by atoms with Gasteiger partial charge in [-0.2, -0.15) is 13.5 Å². The molecule has 6 nitrogen and oxygen atoms in total. The number of nitrogens with one attached hydrogen (secondary N) is 1. The fraction of sp³-hybridized carbons (Fsp3) is 0.250. The minimum atomic E-state index is -3.77. The summed E-state index contributed by atoms with van der Waals surface area (Å²) >= 11 is 5.72. The zero-order valence-electron chi connectivity index (χ0n) is 11.0. The minimum absolute atomic E-state index is 0.0130. The zero-order chi connectivity index (χ0) is 14.8. The Labute approximate surface area is 122 Å². The van der Waals surface area contributed by atoms with Crippen LogP contribution in [0.2, 0.25) is 0 Å². The average Bonchev–Trinajstić information content (AvgIpc) is 2.95. The van der Waals surface area contributed by atoms with Gasteiger partial charge < -0.3 is 4.74 Å². The Kier molecular flexibility index (Phi) is 4.20. The van der Waals surface area contributed by atoms with Gasteiger partial charge in [-0.1, -0.05) is 12.1 Å². The first-order valence-electron chi connectivity index (χ1n) is 5.72. The molecule has 8 heteroatoms. The van der Waals surface area contributed by atoms with Gasteiger partial charge in [-0.05, 0) is 12.1 Å². The van der Waals surface area contributed by atoms with E-state index in [2.05, 4.69) is 10.2 Å². The number of methoxy groups -OCH3 is 1. The molecule has 108 valence electrons. The Hall–Kier alpha value is -1.73. The van der Waals surface area contributed by atoms with Crippen LogP contribution in [0.1, 0.15) is 5.56 Å². The highest BCUT2D eigenvalue weighted by Gasteiger charge is 2.27. The molecule has 1 N–H and O–H groups in total. The van der Waals surface area contributed by atoms with Gasteiger partial charge >= 0.3 is 0 Å². The summed E-state index contributed by atoms with van der Waals surface area (Å²) in [7, 11) is -0.837. The van der Waals surface area contributed by atoms with Crippen LogP contribution in [0.4, 0.5) is 5.69 Å². The highest BCUT2D eigenvalue weighted by Crippen LogP contribution is 2.31. The highest BCUT2D eigenvalue weighted by molar-refractivity contribution is 7.92. The van der Waals surface area contributed by atoms with Crippen LogP contribution >= 0.6 is 11.6 Å². The molecule has 0 spiro atoms. The second-order valence-corrected chi connectivity index (χ2v) is 6.18. The van der Waals surface area contributed by atoms with Gasteiger partial charge in [0.15, 0.2) is 5.03 Å². The number of aromatic amines is 1. The van der Waals surface area contributed by atoms with Gasteiger partial charge in [-0.25, -0.2) is 0 Å². The normalized spacial score (nSPS) is 11.3. The smallest absolute Gasteiger partial charge is 0.281 e. The molecule has 0 aliphatic rings. The number of H-pyrrole nitrogens is 1. The van der Waals surface area contributed by atoms with Gasteiger partial charge in [0.2, 0.25) is 0 Å². The zero-order valence-corrected chi connectivity index (χ0v) is 12.6. The molecule has 0 saturated carbocycles. The van der Waals surface area contributed by atoms with Crippen molar-refractivity contribution in [3.63, 3.8) is 0 Å². The molecule has 0 bridgehead atoms. The van der Waals surface area contributed by atoms with Gasteiger partial charge in [-0.15, -0.1) is 11.6 Å². The summed E-state index contributed by atoms with van der Waals surface area (Å²) in [4.78, 5) is 0. The fourth-order valence-corrected chi connectivity index (χ4v) is 3.36. The lowest BCUT2D eigenvalue weighted by atomic mass is 10.3. The van der Waals surface area contributed by atoms with E-state index in [-0.39, 0.29) is 10.9 Å². The lowest BCUT2D eigenvalue weighted by Gasteiger charge is -2.21. The van der Waals surface area contributed by atoms with Gasteiger partial charge in [0, 0.05) is 12.6 Å². The number of alkyl halides is 1. The van der Waals surface area contributed by atoms with Crippen molar-refractivity contribution in [2.45, 2.75) is 10.9 Å². The maximum atomic E-state index is 12.6. The lowest BCUT2D eigenvalue weighted by molar-refractivity contribution is 0.416. The SMILES string of the molecule is COc1ccccc1N(C)S(=O)(=O)c1[nH]ncc1CCl. The van der Waals surface area contributed by atoms with Crippen LogP contribution < -0.4 is 9.04 Å². The molecular formula is C12H14ClN3O3S. The van der Waals surface area contributed by atoms with E-state index in [1.807, 2.05) is 0 Å².